The van der Waals surface area contributed by atoms with E-state index >= 15 is 0 Å². The van der Waals surface area contributed by atoms with E-state index in [4.69, 9.17) is 5.11 Å². The molecule has 0 atom stereocenters. The first-order valence-corrected chi connectivity index (χ1v) is 4.94. The van der Waals surface area contributed by atoms with Crippen LogP contribution in [0.2, 0.25) is 0 Å². The molecule has 1 aromatic rings. The molecule has 0 amide bonds. The van der Waals surface area contributed by atoms with Gasteiger partial charge in [0.25, 0.3) is 0 Å². The average Bonchev–Trinajstić information content (AvgIpc) is 2.51. The number of carboxylic acid groups (broad SMARTS) is 1. The fraction of sp³-hybridized carbons (Fsp3) is 0.333. The largest absolute Gasteiger partial charge is 0.478 e. The molecule has 0 aromatic carbocycles. The van der Waals surface area contributed by atoms with Gasteiger partial charge < -0.3 is 10.4 Å². The van der Waals surface area contributed by atoms with Gasteiger partial charge in [0, 0.05) is 29.7 Å². The van der Waals surface area contributed by atoms with E-state index in [1.807, 2.05) is 6.92 Å². The Labute approximate surface area is 86.3 Å². The number of aliphatic carboxylic acids is 1. The van der Waals surface area contributed by atoms with Crippen molar-refractivity contribution < 1.29 is 9.90 Å². The van der Waals surface area contributed by atoms with Gasteiger partial charge >= 0.3 is 5.97 Å². The molecule has 0 unspecified atom stereocenters. The number of carboxylic acids is 1. The second-order valence-electron chi connectivity index (χ2n) is 2.86. The minimum atomic E-state index is -0.960. The van der Waals surface area contributed by atoms with Gasteiger partial charge in [0.2, 0.25) is 0 Å². The van der Waals surface area contributed by atoms with Crippen LogP contribution in [0.5, 0.6) is 0 Å². The summed E-state index contributed by atoms with van der Waals surface area (Å²) in [4.78, 5) is 15.6. The third-order valence-corrected chi connectivity index (χ3v) is 2.52. The molecule has 0 aliphatic rings. The summed E-state index contributed by atoms with van der Waals surface area (Å²) in [6, 6.07) is 0. The lowest BCUT2D eigenvalue weighted by Crippen LogP contribution is -2.19. The Hall–Kier alpha value is -1.20. The molecular formula is C9H12N2O2S. The topological polar surface area (TPSA) is 62.2 Å². The maximum atomic E-state index is 10.4. The van der Waals surface area contributed by atoms with Gasteiger partial charge in [-0.05, 0) is 6.92 Å². The van der Waals surface area contributed by atoms with Gasteiger partial charge in [0.1, 0.15) is 0 Å². The van der Waals surface area contributed by atoms with Crippen LogP contribution in [0.25, 0.3) is 0 Å². The number of carbonyl (C=O) groups is 1. The summed E-state index contributed by atoms with van der Waals surface area (Å²) in [5, 5.41) is 12.5. The van der Waals surface area contributed by atoms with Crippen molar-refractivity contribution in [3.05, 3.63) is 28.2 Å². The van der Waals surface area contributed by atoms with Gasteiger partial charge in [0.15, 0.2) is 0 Å². The number of thiazole rings is 1. The standard InChI is InChI=1S/C9H12N2O2S/c1-6(9(12)13)3-10-4-8-5-11-7(2)14-8/h5,10H,1,3-4H2,2H3,(H,12,13). The normalized spacial score (nSPS) is 10.1. The SMILES string of the molecule is C=C(CNCc1cnc(C)s1)C(=O)O. The summed E-state index contributed by atoms with van der Waals surface area (Å²) in [5.74, 6) is -0.960. The molecule has 0 aliphatic carbocycles. The number of hydrogen-bond acceptors (Lipinski definition) is 4. The summed E-state index contributed by atoms with van der Waals surface area (Å²) in [6.07, 6.45) is 1.79. The first-order valence-electron chi connectivity index (χ1n) is 4.12. The predicted octanol–water partition coefficient (Wildman–Crippen LogP) is 1.18. The van der Waals surface area contributed by atoms with Crippen molar-refractivity contribution in [2.75, 3.05) is 6.54 Å². The highest BCUT2D eigenvalue weighted by Crippen LogP contribution is 2.10. The van der Waals surface area contributed by atoms with E-state index < -0.39 is 5.97 Å². The van der Waals surface area contributed by atoms with Crippen molar-refractivity contribution in [1.82, 2.24) is 10.3 Å². The number of nitrogens with zero attached hydrogens (tertiary/aromatic N) is 1. The van der Waals surface area contributed by atoms with Gasteiger partial charge in [-0.25, -0.2) is 9.78 Å². The van der Waals surface area contributed by atoms with E-state index in [0.29, 0.717) is 13.1 Å². The molecule has 2 N–H and O–H groups in total. The molecule has 0 bridgehead atoms. The van der Waals surface area contributed by atoms with Crippen LogP contribution in [0.3, 0.4) is 0 Å². The minimum Gasteiger partial charge on any atom is -0.478 e. The van der Waals surface area contributed by atoms with Gasteiger partial charge in [-0.2, -0.15) is 0 Å². The van der Waals surface area contributed by atoms with Crippen molar-refractivity contribution in [2.24, 2.45) is 0 Å². The quantitative estimate of drug-likeness (QED) is 0.719. The predicted molar refractivity (Wildman–Crippen MR) is 55.3 cm³/mol. The molecule has 0 spiro atoms. The maximum Gasteiger partial charge on any atom is 0.332 e. The summed E-state index contributed by atoms with van der Waals surface area (Å²) in [6.45, 7) is 6.29. The van der Waals surface area contributed by atoms with E-state index in [-0.39, 0.29) is 5.57 Å². The fourth-order valence-corrected chi connectivity index (χ4v) is 1.66. The Morgan fingerprint density at radius 1 is 1.79 bits per heavy atom. The van der Waals surface area contributed by atoms with Gasteiger partial charge in [0.05, 0.1) is 5.01 Å². The van der Waals surface area contributed by atoms with Crippen LogP contribution in [-0.2, 0) is 11.3 Å². The third kappa shape index (κ3) is 3.27. The zero-order valence-corrected chi connectivity index (χ0v) is 8.73. The molecule has 5 heteroatoms. The van der Waals surface area contributed by atoms with Crippen molar-refractivity contribution in [3.63, 3.8) is 0 Å². The monoisotopic (exact) mass is 212 g/mol. The highest BCUT2D eigenvalue weighted by atomic mass is 32.1. The molecule has 4 nitrogen and oxygen atoms in total. The second-order valence-corrected chi connectivity index (χ2v) is 4.18. The second kappa shape index (κ2) is 4.88. The lowest BCUT2D eigenvalue weighted by molar-refractivity contribution is -0.132. The van der Waals surface area contributed by atoms with E-state index in [0.717, 1.165) is 9.88 Å². The molecule has 0 aliphatic heterocycles. The average molecular weight is 212 g/mol. The number of rotatable bonds is 5. The van der Waals surface area contributed by atoms with E-state index in [9.17, 15) is 4.79 Å². The Balaban J connectivity index is 2.29. The van der Waals surface area contributed by atoms with Crippen molar-refractivity contribution in [2.45, 2.75) is 13.5 Å². The summed E-state index contributed by atoms with van der Waals surface area (Å²) in [7, 11) is 0. The zero-order valence-electron chi connectivity index (χ0n) is 7.91. The Morgan fingerprint density at radius 2 is 2.50 bits per heavy atom. The molecule has 0 saturated carbocycles. The summed E-state index contributed by atoms with van der Waals surface area (Å²) < 4.78 is 0. The van der Waals surface area contributed by atoms with E-state index in [2.05, 4.69) is 16.9 Å². The maximum absolute atomic E-state index is 10.4. The fourth-order valence-electron chi connectivity index (χ4n) is 0.899. The van der Waals surface area contributed by atoms with E-state index in [1.165, 1.54) is 0 Å². The van der Waals surface area contributed by atoms with Crippen molar-refractivity contribution >= 4 is 17.3 Å². The van der Waals surface area contributed by atoms with Crippen LogP contribution in [0.4, 0.5) is 0 Å². The summed E-state index contributed by atoms with van der Waals surface area (Å²) in [5.41, 5.74) is 0.172. The molecule has 76 valence electrons. The van der Waals surface area contributed by atoms with Crippen LogP contribution in [-0.4, -0.2) is 22.6 Å². The minimum absolute atomic E-state index is 0.172. The van der Waals surface area contributed by atoms with Gasteiger partial charge in [-0.3, -0.25) is 0 Å². The van der Waals surface area contributed by atoms with Crippen LogP contribution < -0.4 is 5.32 Å². The van der Waals surface area contributed by atoms with Crippen LogP contribution in [0, 0.1) is 6.92 Å². The number of aryl methyl sites for hydroxylation is 1. The molecule has 14 heavy (non-hydrogen) atoms. The molecule has 0 fully saturated rings. The van der Waals surface area contributed by atoms with E-state index in [1.54, 1.807) is 17.5 Å². The van der Waals surface area contributed by atoms with Crippen LogP contribution in [0.15, 0.2) is 18.3 Å². The van der Waals surface area contributed by atoms with Gasteiger partial charge in [-0.1, -0.05) is 6.58 Å². The molecule has 1 heterocycles. The smallest absolute Gasteiger partial charge is 0.332 e. The number of hydrogen-bond donors (Lipinski definition) is 2. The molecule has 0 radical (unpaired) electrons. The highest BCUT2D eigenvalue weighted by Gasteiger charge is 2.03. The lowest BCUT2D eigenvalue weighted by Gasteiger charge is -2.01. The molecule has 1 aromatic heterocycles. The highest BCUT2D eigenvalue weighted by molar-refractivity contribution is 7.11. The molecule has 1 rings (SSSR count). The Kier molecular flexibility index (Phi) is 3.79. The number of aromatic nitrogens is 1. The summed E-state index contributed by atoms with van der Waals surface area (Å²) >= 11 is 1.60. The third-order valence-electron chi connectivity index (χ3n) is 1.61. The van der Waals surface area contributed by atoms with Crippen LogP contribution >= 0.6 is 11.3 Å². The lowest BCUT2D eigenvalue weighted by atomic mass is 10.3. The number of nitrogens with one attached hydrogen (secondary N) is 1. The van der Waals surface area contributed by atoms with Crippen molar-refractivity contribution in [1.29, 1.82) is 0 Å². The Morgan fingerprint density at radius 3 is 3.00 bits per heavy atom. The first-order chi connectivity index (χ1) is 6.59. The van der Waals surface area contributed by atoms with Crippen LogP contribution in [0.1, 0.15) is 9.88 Å². The molecule has 0 saturated heterocycles. The zero-order chi connectivity index (χ0) is 10.6. The van der Waals surface area contributed by atoms with Gasteiger partial charge in [-0.15, -0.1) is 11.3 Å². The first kappa shape index (κ1) is 10.9. The Bertz CT molecular complexity index is 346. The van der Waals surface area contributed by atoms with Crippen molar-refractivity contribution in [3.8, 4) is 0 Å². The molecular weight excluding hydrogens is 200 g/mol.